The van der Waals surface area contributed by atoms with Gasteiger partial charge in [-0.05, 0) is 77.0 Å². The monoisotopic (exact) mass is 619 g/mol. The molecule has 0 aromatic rings. The molecular formula is C40H74O4. The summed E-state index contributed by atoms with van der Waals surface area (Å²) in [7, 11) is 0. The molecule has 0 aromatic carbocycles. The SMILES string of the molecule is CCCCCCCC/C=C\CCCCCCCCC(CCCCCCC/C=C\CCCCCCCC)OC(=O)CCC(=O)O. The Hall–Kier alpha value is -1.58. The second kappa shape index (κ2) is 35.9. The minimum Gasteiger partial charge on any atom is -0.481 e. The minimum absolute atomic E-state index is 0.0222. The molecule has 1 atom stereocenters. The van der Waals surface area contributed by atoms with Crippen molar-refractivity contribution < 1.29 is 19.4 Å². The molecule has 44 heavy (non-hydrogen) atoms. The average molecular weight is 619 g/mol. The molecule has 0 fully saturated rings. The number of carbonyl (C=O) groups is 2. The summed E-state index contributed by atoms with van der Waals surface area (Å²) in [6, 6.07) is 0. The van der Waals surface area contributed by atoms with Crippen LogP contribution in [0.4, 0.5) is 0 Å². The van der Waals surface area contributed by atoms with Crippen molar-refractivity contribution in [1.82, 2.24) is 0 Å². The van der Waals surface area contributed by atoms with E-state index in [-0.39, 0.29) is 24.9 Å². The first-order valence-electron chi connectivity index (χ1n) is 19.3. The summed E-state index contributed by atoms with van der Waals surface area (Å²) in [5.41, 5.74) is 0. The standard InChI is InChI=1S/C40H74O4/c1-3-5-7-9-11-13-15-17-19-21-23-25-27-29-31-33-35-38(44-40(43)37-36-39(41)42)34-32-30-28-26-24-22-20-18-16-14-12-10-8-6-4-2/h17-20,38H,3-16,21-37H2,1-2H3,(H,41,42)/b19-17-,20-18-. The number of esters is 1. The molecule has 0 aliphatic carbocycles. The quantitative estimate of drug-likeness (QED) is 0.0436. The van der Waals surface area contributed by atoms with Gasteiger partial charge in [0, 0.05) is 0 Å². The first kappa shape index (κ1) is 42.4. The van der Waals surface area contributed by atoms with Gasteiger partial charge < -0.3 is 9.84 Å². The highest BCUT2D eigenvalue weighted by atomic mass is 16.5. The van der Waals surface area contributed by atoms with Crippen LogP contribution in [0.3, 0.4) is 0 Å². The molecule has 258 valence electrons. The van der Waals surface area contributed by atoms with Crippen LogP contribution in [0, 0.1) is 0 Å². The lowest BCUT2D eigenvalue weighted by Gasteiger charge is -2.18. The number of unbranched alkanes of at least 4 members (excludes halogenated alkanes) is 23. The van der Waals surface area contributed by atoms with Gasteiger partial charge >= 0.3 is 11.9 Å². The fourth-order valence-corrected chi connectivity index (χ4v) is 5.78. The predicted octanol–water partition coefficient (Wildman–Crippen LogP) is 13.2. The number of carbonyl (C=O) groups excluding carboxylic acids is 1. The van der Waals surface area contributed by atoms with Crippen LogP contribution in [-0.4, -0.2) is 23.1 Å². The van der Waals surface area contributed by atoms with E-state index < -0.39 is 5.97 Å². The zero-order valence-corrected chi connectivity index (χ0v) is 29.5. The Bertz CT molecular complexity index is 668. The minimum atomic E-state index is -0.941. The van der Waals surface area contributed by atoms with E-state index in [0.29, 0.717) is 0 Å². The third kappa shape index (κ3) is 34.9. The van der Waals surface area contributed by atoms with Crippen LogP contribution in [0.15, 0.2) is 24.3 Å². The summed E-state index contributed by atoms with van der Waals surface area (Å²) in [5.74, 6) is -1.29. The molecule has 1 unspecified atom stereocenters. The van der Waals surface area contributed by atoms with Gasteiger partial charge in [0.25, 0.3) is 0 Å². The third-order valence-corrected chi connectivity index (χ3v) is 8.67. The smallest absolute Gasteiger partial charge is 0.306 e. The summed E-state index contributed by atoms with van der Waals surface area (Å²) in [6.07, 6.45) is 45.8. The molecule has 0 saturated carbocycles. The zero-order chi connectivity index (χ0) is 32.2. The van der Waals surface area contributed by atoms with Crippen LogP contribution < -0.4 is 0 Å². The Labute approximate surface area is 274 Å². The van der Waals surface area contributed by atoms with Crippen molar-refractivity contribution in [3.8, 4) is 0 Å². The van der Waals surface area contributed by atoms with Gasteiger partial charge in [0.15, 0.2) is 0 Å². The summed E-state index contributed by atoms with van der Waals surface area (Å²) in [4.78, 5) is 23.0. The van der Waals surface area contributed by atoms with E-state index in [4.69, 9.17) is 9.84 Å². The summed E-state index contributed by atoms with van der Waals surface area (Å²) >= 11 is 0. The Morgan fingerprint density at radius 2 is 0.795 bits per heavy atom. The molecule has 0 rings (SSSR count). The predicted molar refractivity (Wildman–Crippen MR) is 190 cm³/mol. The Kier molecular flexibility index (Phi) is 34.6. The lowest BCUT2D eigenvalue weighted by atomic mass is 10.0. The van der Waals surface area contributed by atoms with Gasteiger partial charge in [-0.15, -0.1) is 0 Å². The molecule has 1 N–H and O–H groups in total. The lowest BCUT2D eigenvalue weighted by molar-refractivity contribution is -0.152. The van der Waals surface area contributed by atoms with Crippen LogP contribution in [0.25, 0.3) is 0 Å². The molecule has 0 aliphatic rings. The third-order valence-electron chi connectivity index (χ3n) is 8.67. The molecular weight excluding hydrogens is 544 g/mol. The summed E-state index contributed by atoms with van der Waals surface area (Å²) in [6.45, 7) is 4.54. The number of ether oxygens (including phenoxy) is 1. The van der Waals surface area contributed by atoms with Gasteiger partial charge in [-0.1, -0.05) is 147 Å². The van der Waals surface area contributed by atoms with Crippen LogP contribution >= 0.6 is 0 Å². The molecule has 4 heteroatoms. The van der Waals surface area contributed by atoms with Crippen molar-refractivity contribution in [1.29, 1.82) is 0 Å². The molecule has 0 heterocycles. The van der Waals surface area contributed by atoms with Crippen molar-refractivity contribution in [2.75, 3.05) is 0 Å². The maximum atomic E-state index is 12.2. The summed E-state index contributed by atoms with van der Waals surface area (Å²) < 4.78 is 5.73. The molecule has 4 nitrogen and oxygen atoms in total. The van der Waals surface area contributed by atoms with Crippen molar-refractivity contribution in [2.24, 2.45) is 0 Å². The van der Waals surface area contributed by atoms with Gasteiger partial charge in [-0.25, -0.2) is 0 Å². The number of hydrogen-bond acceptors (Lipinski definition) is 3. The van der Waals surface area contributed by atoms with Crippen molar-refractivity contribution in [3.63, 3.8) is 0 Å². The van der Waals surface area contributed by atoms with Gasteiger partial charge in [0.05, 0.1) is 12.8 Å². The Morgan fingerprint density at radius 1 is 0.477 bits per heavy atom. The van der Waals surface area contributed by atoms with E-state index in [1.165, 1.54) is 161 Å². The highest BCUT2D eigenvalue weighted by Crippen LogP contribution is 2.18. The van der Waals surface area contributed by atoms with Gasteiger partial charge in [-0.3, -0.25) is 9.59 Å². The number of carboxylic acids is 1. The molecule has 0 aromatic heterocycles. The largest absolute Gasteiger partial charge is 0.481 e. The van der Waals surface area contributed by atoms with E-state index in [1.54, 1.807) is 0 Å². The maximum absolute atomic E-state index is 12.2. The number of carboxylic acid groups (broad SMARTS) is 1. The number of allylic oxidation sites excluding steroid dienone is 4. The Balaban J connectivity index is 3.91. The topological polar surface area (TPSA) is 63.6 Å². The van der Waals surface area contributed by atoms with Gasteiger partial charge in [0.1, 0.15) is 6.10 Å². The van der Waals surface area contributed by atoms with Crippen LogP contribution in [0.2, 0.25) is 0 Å². The summed E-state index contributed by atoms with van der Waals surface area (Å²) in [5, 5.41) is 8.89. The normalized spacial score (nSPS) is 12.4. The number of aliphatic carboxylic acids is 1. The second-order valence-corrected chi connectivity index (χ2v) is 13.1. The van der Waals surface area contributed by atoms with E-state index >= 15 is 0 Å². The molecule has 0 saturated heterocycles. The van der Waals surface area contributed by atoms with Crippen molar-refractivity contribution in [2.45, 2.75) is 219 Å². The highest BCUT2D eigenvalue weighted by molar-refractivity contribution is 5.76. The average Bonchev–Trinajstić information content (AvgIpc) is 3.01. The van der Waals surface area contributed by atoms with Crippen LogP contribution in [0.5, 0.6) is 0 Å². The van der Waals surface area contributed by atoms with E-state index in [2.05, 4.69) is 38.2 Å². The van der Waals surface area contributed by atoms with Crippen molar-refractivity contribution in [3.05, 3.63) is 24.3 Å². The molecule has 0 aliphatic heterocycles. The van der Waals surface area contributed by atoms with Gasteiger partial charge in [-0.2, -0.15) is 0 Å². The van der Waals surface area contributed by atoms with Crippen LogP contribution in [0.1, 0.15) is 213 Å². The van der Waals surface area contributed by atoms with Crippen LogP contribution in [-0.2, 0) is 14.3 Å². The second-order valence-electron chi connectivity index (χ2n) is 13.1. The molecule has 0 spiro atoms. The molecule has 0 bridgehead atoms. The van der Waals surface area contributed by atoms with E-state index in [0.717, 1.165) is 25.7 Å². The highest BCUT2D eigenvalue weighted by Gasteiger charge is 2.15. The van der Waals surface area contributed by atoms with Gasteiger partial charge in [0.2, 0.25) is 0 Å². The van der Waals surface area contributed by atoms with Crippen molar-refractivity contribution >= 4 is 11.9 Å². The first-order valence-corrected chi connectivity index (χ1v) is 19.3. The Morgan fingerprint density at radius 3 is 1.14 bits per heavy atom. The fraction of sp³-hybridized carbons (Fsp3) is 0.850. The maximum Gasteiger partial charge on any atom is 0.306 e. The lowest BCUT2D eigenvalue weighted by Crippen LogP contribution is -2.19. The van der Waals surface area contributed by atoms with E-state index in [1.807, 2.05) is 0 Å². The van der Waals surface area contributed by atoms with E-state index in [9.17, 15) is 9.59 Å². The zero-order valence-electron chi connectivity index (χ0n) is 29.5. The first-order chi connectivity index (χ1) is 21.6. The molecule has 0 radical (unpaired) electrons. The number of hydrogen-bond donors (Lipinski definition) is 1. The number of rotatable bonds is 35. The molecule has 0 amide bonds. The fourth-order valence-electron chi connectivity index (χ4n) is 5.78.